The second-order valence-corrected chi connectivity index (χ2v) is 7.37. The minimum Gasteiger partial charge on any atom is -0.339 e. The fraction of sp³-hybridized carbons (Fsp3) is 0.273. The molecule has 2 aromatic rings. The quantitative estimate of drug-likeness (QED) is 0.815. The van der Waals surface area contributed by atoms with Crippen LogP contribution in [0.1, 0.15) is 28.8 Å². The van der Waals surface area contributed by atoms with Gasteiger partial charge in [0.2, 0.25) is 5.84 Å². The van der Waals surface area contributed by atoms with Crippen molar-refractivity contribution in [3.05, 3.63) is 59.7 Å². The van der Waals surface area contributed by atoms with E-state index < -0.39 is 5.91 Å². The summed E-state index contributed by atoms with van der Waals surface area (Å²) in [5, 5.41) is 4.07. The lowest BCUT2D eigenvalue weighted by atomic mass is 10.2. The second-order valence-electron chi connectivity index (χ2n) is 7.37. The summed E-state index contributed by atoms with van der Waals surface area (Å²) >= 11 is 0. The summed E-state index contributed by atoms with van der Waals surface area (Å²) in [6.07, 6.45) is 2.08. The minimum atomic E-state index is -0.460. The van der Waals surface area contributed by atoms with Crippen molar-refractivity contribution in [1.29, 1.82) is 0 Å². The van der Waals surface area contributed by atoms with Gasteiger partial charge in [-0.2, -0.15) is 0 Å². The molecule has 0 bridgehead atoms. The van der Waals surface area contributed by atoms with Crippen LogP contribution in [0.4, 0.5) is 11.4 Å². The number of aliphatic imine (C=N–C) groups is 1. The van der Waals surface area contributed by atoms with Gasteiger partial charge in [0, 0.05) is 24.3 Å². The van der Waals surface area contributed by atoms with E-state index in [0.29, 0.717) is 16.9 Å². The van der Waals surface area contributed by atoms with Gasteiger partial charge >= 0.3 is 0 Å². The summed E-state index contributed by atoms with van der Waals surface area (Å²) in [4.78, 5) is 43.1. The molecule has 8 heteroatoms. The van der Waals surface area contributed by atoms with Gasteiger partial charge in [0.15, 0.2) is 0 Å². The molecule has 0 atom stereocenters. The number of amidine groups is 1. The third kappa shape index (κ3) is 4.17. The Balaban J connectivity index is 1.41. The maximum absolute atomic E-state index is 12.6. The van der Waals surface area contributed by atoms with E-state index in [1.54, 1.807) is 36.4 Å². The number of hydrogen-bond acceptors (Lipinski definition) is 5. The first-order valence-corrected chi connectivity index (χ1v) is 9.93. The molecule has 2 aliphatic rings. The first kappa shape index (κ1) is 19.6. The van der Waals surface area contributed by atoms with Gasteiger partial charge in [-0.1, -0.05) is 17.7 Å². The predicted molar refractivity (Wildman–Crippen MR) is 114 cm³/mol. The first-order valence-electron chi connectivity index (χ1n) is 9.93. The van der Waals surface area contributed by atoms with Crippen LogP contribution in [0.3, 0.4) is 0 Å². The third-order valence-electron chi connectivity index (χ3n) is 5.13. The molecule has 2 N–H and O–H groups in total. The van der Waals surface area contributed by atoms with E-state index in [4.69, 9.17) is 0 Å². The summed E-state index contributed by atoms with van der Waals surface area (Å²) in [6, 6.07) is 14.2. The van der Waals surface area contributed by atoms with Crippen molar-refractivity contribution in [2.75, 3.05) is 30.0 Å². The lowest BCUT2D eigenvalue weighted by Gasteiger charge is -2.27. The highest BCUT2D eigenvalue weighted by molar-refractivity contribution is 6.43. The number of nitrogens with zero attached hydrogens (tertiary/aromatic N) is 3. The van der Waals surface area contributed by atoms with Crippen molar-refractivity contribution in [3.8, 4) is 0 Å². The van der Waals surface area contributed by atoms with Gasteiger partial charge in [0.25, 0.3) is 17.7 Å². The zero-order valence-electron chi connectivity index (χ0n) is 16.7. The molecule has 0 saturated carbocycles. The van der Waals surface area contributed by atoms with E-state index in [-0.39, 0.29) is 24.2 Å². The van der Waals surface area contributed by atoms with Gasteiger partial charge < -0.3 is 10.2 Å². The Bertz CT molecular complexity index is 992. The molecule has 154 valence electrons. The van der Waals surface area contributed by atoms with E-state index in [9.17, 15) is 14.4 Å². The SMILES string of the molecule is Cc1ccc(N2NC(C(=O)Nc3ccc(C(=O)N4CCCC4)cc3)=NCC2=O)cc1. The van der Waals surface area contributed by atoms with E-state index in [1.807, 2.05) is 24.0 Å². The fourth-order valence-corrected chi connectivity index (χ4v) is 3.44. The number of likely N-dealkylation sites (tertiary alicyclic amines) is 1. The summed E-state index contributed by atoms with van der Waals surface area (Å²) < 4.78 is 0. The second kappa shape index (κ2) is 8.36. The summed E-state index contributed by atoms with van der Waals surface area (Å²) in [6.45, 7) is 3.42. The van der Waals surface area contributed by atoms with Crippen LogP contribution in [-0.4, -0.2) is 48.1 Å². The van der Waals surface area contributed by atoms with E-state index in [1.165, 1.54) is 5.01 Å². The van der Waals surface area contributed by atoms with Crippen LogP contribution in [0.2, 0.25) is 0 Å². The van der Waals surface area contributed by atoms with Crippen molar-refractivity contribution >= 4 is 34.9 Å². The molecule has 0 aromatic heterocycles. The van der Waals surface area contributed by atoms with E-state index >= 15 is 0 Å². The molecule has 0 spiro atoms. The number of nitrogens with one attached hydrogen (secondary N) is 2. The molecule has 2 heterocycles. The fourth-order valence-electron chi connectivity index (χ4n) is 3.44. The Morgan fingerprint density at radius 1 is 1.00 bits per heavy atom. The molecule has 0 aliphatic carbocycles. The normalized spacial score (nSPS) is 16.2. The number of amides is 3. The van der Waals surface area contributed by atoms with Gasteiger partial charge in [0.1, 0.15) is 6.54 Å². The van der Waals surface area contributed by atoms with Gasteiger partial charge in [-0.05, 0) is 56.2 Å². The highest BCUT2D eigenvalue weighted by atomic mass is 16.2. The highest BCUT2D eigenvalue weighted by Gasteiger charge is 2.26. The largest absolute Gasteiger partial charge is 0.339 e. The van der Waals surface area contributed by atoms with Crippen LogP contribution in [0.5, 0.6) is 0 Å². The number of hydrogen-bond donors (Lipinski definition) is 2. The minimum absolute atomic E-state index is 0.0101. The van der Waals surface area contributed by atoms with Crippen LogP contribution in [0.15, 0.2) is 53.5 Å². The van der Waals surface area contributed by atoms with Crippen molar-refractivity contribution in [2.24, 2.45) is 4.99 Å². The Morgan fingerprint density at radius 2 is 1.67 bits per heavy atom. The van der Waals surface area contributed by atoms with Crippen LogP contribution < -0.4 is 15.8 Å². The first-order chi connectivity index (χ1) is 14.5. The molecule has 2 aromatic carbocycles. The van der Waals surface area contributed by atoms with Gasteiger partial charge in [0.05, 0.1) is 5.69 Å². The monoisotopic (exact) mass is 405 g/mol. The summed E-state index contributed by atoms with van der Waals surface area (Å²) in [5.41, 5.74) is 5.63. The smallest absolute Gasteiger partial charge is 0.292 e. The number of hydrazine groups is 1. The Morgan fingerprint density at radius 3 is 2.33 bits per heavy atom. The van der Waals surface area contributed by atoms with Crippen LogP contribution >= 0.6 is 0 Å². The molecule has 8 nitrogen and oxygen atoms in total. The Kier molecular flexibility index (Phi) is 5.47. The molecule has 3 amide bonds. The number of carbonyl (C=O) groups is 3. The third-order valence-corrected chi connectivity index (χ3v) is 5.13. The van der Waals surface area contributed by atoms with Crippen molar-refractivity contribution in [1.82, 2.24) is 10.3 Å². The molecule has 0 radical (unpaired) electrons. The maximum Gasteiger partial charge on any atom is 0.292 e. The molecule has 30 heavy (non-hydrogen) atoms. The van der Waals surface area contributed by atoms with Gasteiger partial charge in [-0.25, -0.2) is 5.01 Å². The lowest BCUT2D eigenvalue weighted by Crippen LogP contribution is -2.54. The molecule has 2 aliphatic heterocycles. The molecule has 1 saturated heterocycles. The standard InChI is InChI=1S/C22H23N5O3/c1-15-4-10-18(11-5-15)27-19(28)14-23-20(25-27)21(29)24-17-8-6-16(7-9-17)22(30)26-12-2-3-13-26/h4-11H,2-3,12-14H2,1H3,(H,23,25)(H,24,29). The van der Waals surface area contributed by atoms with Crippen LogP contribution in [0.25, 0.3) is 0 Å². The molecule has 4 rings (SSSR count). The van der Waals surface area contributed by atoms with Gasteiger partial charge in [-0.15, -0.1) is 0 Å². The number of anilines is 2. The zero-order valence-corrected chi connectivity index (χ0v) is 16.7. The van der Waals surface area contributed by atoms with Crippen molar-refractivity contribution in [2.45, 2.75) is 19.8 Å². The number of aryl methyl sites for hydroxylation is 1. The predicted octanol–water partition coefficient (Wildman–Crippen LogP) is 2.12. The Hall–Kier alpha value is -3.68. The van der Waals surface area contributed by atoms with E-state index in [0.717, 1.165) is 31.5 Å². The average Bonchev–Trinajstić information content (AvgIpc) is 3.30. The van der Waals surface area contributed by atoms with Crippen molar-refractivity contribution < 1.29 is 14.4 Å². The topological polar surface area (TPSA) is 94.1 Å². The number of carbonyl (C=O) groups excluding carboxylic acids is 3. The summed E-state index contributed by atoms with van der Waals surface area (Å²) in [7, 11) is 0. The average molecular weight is 405 g/mol. The van der Waals surface area contributed by atoms with Gasteiger partial charge in [-0.3, -0.25) is 24.8 Å². The lowest BCUT2D eigenvalue weighted by molar-refractivity contribution is -0.118. The molecular weight excluding hydrogens is 382 g/mol. The van der Waals surface area contributed by atoms with Crippen LogP contribution in [0, 0.1) is 6.92 Å². The summed E-state index contributed by atoms with van der Waals surface area (Å²) in [5.74, 6) is -0.651. The number of benzene rings is 2. The van der Waals surface area contributed by atoms with Crippen LogP contribution in [-0.2, 0) is 9.59 Å². The molecule has 1 fully saturated rings. The van der Waals surface area contributed by atoms with Crippen molar-refractivity contribution in [3.63, 3.8) is 0 Å². The number of rotatable bonds is 4. The molecular formula is C22H23N5O3. The Labute approximate surface area is 174 Å². The molecule has 0 unspecified atom stereocenters. The maximum atomic E-state index is 12.6. The zero-order chi connectivity index (χ0) is 21.1. The van der Waals surface area contributed by atoms with E-state index in [2.05, 4.69) is 15.7 Å². The highest BCUT2D eigenvalue weighted by Crippen LogP contribution is 2.17.